The van der Waals surface area contributed by atoms with Gasteiger partial charge >= 0.3 is 0 Å². The average Bonchev–Trinajstić information content (AvgIpc) is 3.00. The topological polar surface area (TPSA) is 47.3 Å². The summed E-state index contributed by atoms with van der Waals surface area (Å²) < 4.78 is 6.21. The van der Waals surface area contributed by atoms with Crippen molar-refractivity contribution in [1.82, 2.24) is 5.43 Å². The van der Waals surface area contributed by atoms with E-state index in [9.17, 15) is 0 Å². The third-order valence-corrected chi connectivity index (χ3v) is 6.02. The van der Waals surface area contributed by atoms with Crippen LogP contribution in [0.2, 0.25) is 0 Å². The second-order valence-electron chi connectivity index (χ2n) is 7.84. The van der Waals surface area contributed by atoms with Crippen LogP contribution in [0.1, 0.15) is 65.2 Å². The van der Waals surface area contributed by atoms with Crippen molar-refractivity contribution in [3.63, 3.8) is 0 Å². The summed E-state index contributed by atoms with van der Waals surface area (Å²) in [5, 5.41) is 0. The maximum atomic E-state index is 6.21. The second kappa shape index (κ2) is 5.01. The molecule has 1 saturated heterocycles. The maximum Gasteiger partial charge on any atom is 0.0685 e. The highest BCUT2D eigenvalue weighted by Crippen LogP contribution is 2.56. The summed E-state index contributed by atoms with van der Waals surface area (Å²) in [5.41, 5.74) is 3.85. The third kappa shape index (κ3) is 2.70. The molecular formula is C16H30N2O. The zero-order chi connectivity index (χ0) is 13.5. The molecule has 110 valence electrons. The van der Waals surface area contributed by atoms with E-state index < -0.39 is 0 Å². The molecule has 0 aromatic rings. The summed E-state index contributed by atoms with van der Waals surface area (Å²) in [6, 6.07) is 0.498. The molecule has 0 amide bonds. The first-order chi connectivity index (χ1) is 9.06. The third-order valence-electron chi connectivity index (χ3n) is 6.02. The predicted molar refractivity (Wildman–Crippen MR) is 77.5 cm³/mol. The molecule has 3 rings (SSSR count). The highest BCUT2D eigenvalue weighted by atomic mass is 16.5. The second-order valence-corrected chi connectivity index (χ2v) is 7.84. The summed E-state index contributed by atoms with van der Waals surface area (Å²) >= 11 is 0. The SMILES string of the molecule is CC1(C)CC1C(NN)C1CCOC2(CCCCC2)C1. The number of nitrogens with two attached hydrogens (primary N) is 1. The van der Waals surface area contributed by atoms with Crippen molar-refractivity contribution in [3.8, 4) is 0 Å². The van der Waals surface area contributed by atoms with Crippen LogP contribution in [0, 0.1) is 17.3 Å². The van der Waals surface area contributed by atoms with Gasteiger partial charge in [0.2, 0.25) is 0 Å². The average molecular weight is 266 g/mol. The van der Waals surface area contributed by atoms with Crippen LogP contribution in [0.5, 0.6) is 0 Å². The van der Waals surface area contributed by atoms with Gasteiger partial charge in [-0.1, -0.05) is 33.1 Å². The van der Waals surface area contributed by atoms with E-state index in [2.05, 4.69) is 19.3 Å². The van der Waals surface area contributed by atoms with Gasteiger partial charge in [-0.05, 0) is 49.4 Å². The number of nitrogens with one attached hydrogen (secondary N) is 1. The minimum atomic E-state index is 0.204. The van der Waals surface area contributed by atoms with Gasteiger partial charge < -0.3 is 4.74 Å². The Bertz CT molecular complexity index is 317. The Labute approximate surface area is 117 Å². The molecule has 3 atom stereocenters. The zero-order valence-electron chi connectivity index (χ0n) is 12.6. The van der Waals surface area contributed by atoms with Crippen molar-refractivity contribution >= 4 is 0 Å². The minimum absolute atomic E-state index is 0.204. The van der Waals surface area contributed by atoms with Gasteiger partial charge in [-0.3, -0.25) is 11.3 Å². The molecule has 0 aromatic heterocycles. The van der Waals surface area contributed by atoms with Crippen molar-refractivity contribution in [2.24, 2.45) is 23.1 Å². The van der Waals surface area contributed by atoms with Gasteiger partial charge in [0.25, 0.3) is 0 Å². The van der Waals surface area contributed by atoms with Crippen molar-refractivity contribution in [2.45, 2.75) is 76.9 Å². The van der Waals surface area contributed by atoms with Crippen LogP contribution in [0.4, 0.5) is 0 Å². The molecule has 1 aliphatic heterocycles. The first kappa shape index (κ1) is 13.8. The van der Waals surface area contributed by atoms with E-state index in [1.807, 2.05) is 0 Å². The lowest BCUT2D eigenvalue weighted by Gasteiger charge is -2.45. The first-order valence-corrected chi connectivity index (χ1v) is 8.16. The number of ether oxygens (including phenoxy) is 1. The molecule has 1 spiro atoms. The van der Waals surface area contributed by atoms with E-state index >= 15 is 0 Å². The van der Waals surface area contributed by atoms with Gasteiger partial charge in [0.1, 0.15) is 0 Å². The van der Waals surface area contributed by atoms with Crippen LogP contribution >= 0.6 is 0 Å². The number of hydrogen-bond acceptors (Lipinski definition) is 3. The van der Waals surface area contributed by atoms with Gasteiger partial charge in [-0.2, -0.15) is 0 Å². The Hall–Kier alpha value is -0.120. The summed E-state index contributed by atoms with van der Waals surface area (Å²) in [5.74, 6) is 7.37. The molecule has 2 aliphatic carbocycles. The Kier molecular flexibility index (Phi) is 3.65. The van der Waals surface area contributed by atoms with Crippen molar-refractivity contribution in [2.75, 3.05) is 6.61 Å². The van der Waals surface area contributed by atoms with Gasteiger partial charge in [-0.25, -0.2) is 0 Å². The fourth-order valence-corrected chi connectivity index (χ4v) is 4.62. The maximum absolute atomic E-state index is 6.21. The Morgan fingerprint density at radius 2 is 1.84 bits per heavy atom. The highest BCUT2D eigenvalue weighted by Gasteiger charge is 2.53. The zero-order valence-corrected chi connectivity index (χ0v) is 12.6. The summed E-state index contributed by atoms with van der Waals surface area (Å²) in [4.78, 5) is 0. The number of hydrazine groups is 1. The van der Waals surface area contributed by atoms with Crippen molar-refractivity contribution < 1.29 is 4.74 Å². The van der Waals surface area contributed by atoms with Crippen LogP contribution in [0.25, 0.3) is 0 Å². The van der Waals surface area contributed by atoms with Gasteiger partial charge in [0.05, 0.1) is 5.60 Å². The van der Waals surface area contributed by atoms with E-state index in [0.717, 1.165) is 12.5 Å². The lowest BCUT2D eigenvalue weighted by Crippen LogP contribution is -2.50. The molecule has 3 N–H and O–H groups in total. The molecule has 0 aromatic carbocycles. The van der Waals surface area contributed by atoms with Gasteiger partial charge in [0.15, 0.2) is 0 Å². The molecule has 3 nitrogen and oxygen atoms in total. The van der Waals surface area contributed by atoms with Crippen LogP contribution in [-0.2, 0) is 4.74 Å². The van der Waals surface area contributed by atoms with Crippen LogP contribution in [0.3, 0.4) is 0 Å². The van der Waals surface area contributed by atoms with Crippen molar-refractivity contribution in [1.29, 1.82) is 0 Å². The molecule has 2 saturated carbocycles. The summed E-state index contributed by atoms with van der Waals surface area (Å²) in [6.45, 7) is 5.69. The smallest absolute Gasteiger partial charge is 0.0685 e. The lowest BCUT2D eigenvalue weighted by atomic mass is 9.73. The number of rotatable bonds is 3. The predicted octanol–water partition coefficient (Wildman–Crippen LogP) is 2.99. The Balaban J connectivity index is 1.67. The van der Waals surface area contributed by atoms with Crippen LogP contribution < -0.4 is 11.3 Å². The fourth-order valence-electron chi connectivity index (χ4n) is 4.62. The molecule has 3 heteroatoms. The Morgan fingerprint density at radius 3 is 2.42 bits per heavy atom. The molecule has 0 bridgehead atoms. The van der Waals surface area contributed by atoms with Crippen LogP contribution in [-0.4, -0.2) is 18.2 Å². The normalized spacial score (nSPS) is 38.1. The standard InChI is InChI=1S/C16H30N2O/c1-15(2)11-13(15)14(18-17)12-6-9-19-16(10-12)7-4-3-5-8-16/h12-14,18H,3-11,17H2,1-2H3. The summed E-state index contributed by atoms with van der Waals surface area (Å²) in [6.07, 6.45) is 10.4. The molecule has 19 heavy (non-hydrogen) atoms. The molecule has 0 radical (unpaired) electrons. The fraction of sp³-hybridized carbons (Fsp3) is 1.00. The van der Waals surface area contributed by atoms with Gasteiger partial charge in [0, 0.05) is 12.6 Å². The van der Waals surface area contributed by atoms with E-state index in [1.165, 1.54) is 51.4 Å². The molecule has 1 heterocycles. The first-order valence-electron chi connectivity index (χ1n) is 8.16. The molecule has 3 aliphatic rings. The highest BCUT2D eigenvalue weighted by molar-refractivity contribution is 5.05. The van der Waals surface area contributed by atoms with E-state index in [1.54, 1.807) is 0 Å². The summed E-state index contributed by atoms with van der Waals surface area (Å²) in [7, 11) is 0. The van der Waals surface area contributed by atoms with E-state index in [-0.39, 0.29) is 5.60 Å². The Morgan fingerprint density at radius 1 is 1.16 bits per heavy atom. The van der Waals surface area contributed by atoms with Crippen LogP contribution in [0.15, 0.2) is 0 Å². The lowest BCUT2D eigenvalue weighted by molar-refractivity contribution is -0.123. The minimum Gasteiger partial charge on any atom is -0.375 e. The molecule has 3 fully saturated rings. The number of hydrogen-bond donors (Lipinski definition) is 2. The molecular weight excluding hydrogens is 236 g/mol. The van der Waals surface area contributed by atoms with E-state index in [0.29, 0.717) is 17.4 Å². The molecule has 3 unspecified atom stereocenters. The van der Waals surface area contributed by atoms with E-state index in [4.69, 9.17) is 10.6 Å². The largest absolute Gasteiger partial charge is 0.375 e. The van der Waals surface area contributed by atoms with Crippen molar-refractivity contribution in [3.05, 3.63) is 0 Å². The quantitative estimate of drug-likeness (QED) is 0.610. The monoisotopic (exact) mass is 266 g/mol. The van der Waals surface area contributed by atoms with Gasteiger partial charge in [-0.15, -0.1) is 0 Å².